The van der Waals surface area contributed by atoms with Crippen LogP contribution in [0.5, 0.6) is 0 Å². The van der Waals surface area contributed by atoms with Crippen molar-refractivity contribution >= 4 is 0 Å². The molecular weight excluding hydrogens is 200 g/mol. The predicted octanol–water partition coefficient (Wildman–Crippen LogP) is 0.778. The first-order chi connectivity index (χ1) is 7.79. The Hall–Kier alpha value is -0.870. The molecule has 90 valence electrons. The van der Waals surface area contributed by atoms with Crippen LogP contribution < -0.4 is 5.32 Å². The summed E-state index contributed by atoms with van der Waals surface area (Å²) in [6.45, 7) is 7.79. The molecule has 0 saturated carbocycles. The Kier molecular flexibility index (Phi) is 3.96. The minimum atomic E-state index is 1.02. The highest BCUT2D eigenvalue weighted by atomic mass is 15.3. The topological polar surface area (TPSA) is 33.1 Å². The highest BCUT2D eigenvalue weighted by Crippen LogP contribution is 2.08. The molecule has 0 aliphatic carbocycles. The van der Waals surface area contributed by atoms with E-state index in [-0.39, 0.29) is 0 Å². The number of hydrogen-bond donors (Lipinski definition) is 1. The molecule has 16 heavy (non-hydrogen) atoms. The van der Waals surface area contributed by atoms with Gasteiger partial charge in [-0.1, -0.05) is 6.92 Å². The van der Waals surface area contributed by atoms with Crippen molar-refractivity contribution in [3.63, 3.8) is 0 Å². The average molecular weight is 222 g/mol. The van der Waals surface area contributed by atoms with Crippen LogP contribution in [0.3, 0.4) is 0 Å². The highest BCUT2D eigenvalue weighted by molar-refractivity contribution is 5.10. The van der Waals surface area contributed by atoms with Crippen molar-refractivity contribution in [2.24, 2.45) is 7.05 Å². The van der Waals surface area contributed by atoms with Crippen molar-refractivity contribution in [2.45, 2.75) is 26.3 Å². The van der Waals surface area contributed by atoms with Crippen LogP contribution in [0.4, 0.5) is 0 Å². The summed E-state index contributed by atoms with van der Waals surface area (Å²) < 4.78 is 2.02. The quantitative estimate of drug-likeness (QED) is 0.820. The van der Waals surface area contributed by atoms with E-state index in [0.29, 0.717) is 0 Å². The summed E-state index contributed by atoms with van der Waals surface area (Å²) in [5.41, 5.74) is 2.53. The van der Waals surface area contributed by atoms with Crippen LogP contribution in [0.15, 0.2) is 6.07 Å². The molecule has 0 spiro atoms. The zero-order valence-electron chi connectivity index (χ0n) is 10.4. The Bertz CT molecular complexity index is 324. The highest BCUT2D eigenvalue weighted by Gasteiger charge is 2.11. The van der Waals surface area contributed by atoms with E-state index in [1.54, 1.807) is 0 Å². The first-order valence-electron chi connectivity index (χ1n) is 6.24. The Balaban J connectivity index is 1.98. The first kappa shape index (κ1) is 11.6. The third-order valence-electron chi connectivity index (χ3n) is 3.21. The van der Waals surface area contributed by atoms with E-state index in [0.717, 1.165) is 32.6 Å². The van der Waals surface area contributed by atoms with Crippen molar-refractivity contribution in [1.82, 2.24) is 20.0 Å². The first-order valence-corrected chi connectivity index (χ1v) is 6.24. The second-order valence-corrected chi connectivity index (χ2v) is 4.48. The third kappa shape index (κ3) is 2.83. The minimum Gasteiger partial charge on any atom is -0.315 e. The molecule has 1 saturated heterocycles. The summed E-state index contributed by atoms with van der Waals surface area (Å²) in [5, 5.41) is 7.92. The summed E-state index contributed by atoms with van der Waals surface area (Å²) >= 11 is 0. The molecule has 1 aromatic heterocycles. The van der Waals surface area contributed by atoms with Gasteiger partial charge in [-0.2, -0.15) is 5.10 Å². The maximum atomic E-state index is 4.49. The van der Waals surface area contributed by atoms with Crippen molar-refractivity contribution in [2.75, 3.05) is 26.2 Å². The minimum absolute atomic E-state index is 1.02. The molecule has 1 fully saturated rings. The van der Waals surface area contributed by atoms with Gasteiger partial charge in [-0.05, 0) is 32.0 Å². The van der Waals surface area contributed by atoms with Gasteiger partial charge in [-0.15, -0.1) is 0 Å². The summed E-state index contributed by atoms with van der Waals surface area (Å²) in [6, 6.07) is 2.23. The largest absolute Gasteiger partial charge is 0.315 e. The molecule has 1 aromatic rings. The van der Waals surface area contributed by atoms with Gasteiger partial charge in [0.25, 0.3) is 0 Å². The van der Waals surface area contributed by atoms with E-state index in [2.05, 4.69) is 28.3 Å². The lowest BCUT2D eigenvalue weighted by Gasteiger charge is -2.18. The maximum absolute atomic E-state index is 4.49. The Morgan fingerprint density at radius 1 is 1.38 bits per heavy atom. The fourth-order valence-electron chi connectivity index (χ4n) is 2.18. The van der Waals surface area contributed by atoms with E-state index in [9.17, 15) is 0 Å². The van der Waals surface area contributed by atoms with Gasteiger partial charge in [0.2, 0.25) is 0 Å². The Morgan fingerprint density at radius 2 is 2.25 bits per heavy atom. The number of nitrogens with zero attached hydrogens (tertiary/aromatic N) is 3. The van der Waals surface area contributed by atoms with Crippen LogP contribution in [0, 0.1) is 0 Å². The van der Waals surface area contributed by atoms with E-state index in [1.165, 1.54) is 24.4 Å². The molecule has 0 atom stereocenters. The van der Waals surface area contributed by atoms with Crippen LogP contribution >= 0.6 is 0 Å². The number of aryl methyl sites for hydroxylation is 2. The number of nitrogens with one attached hydrogen (secondary N) is 1. The average Bonchev–Trinajstić information content (AvgIpc) is 2.51. The van der Waals surface area contributed by atoms with Crippen LogP contribution in [0.2, 0.25) is 0 Å². The third-order valence-corrected chi connectivity index (χ3v) is 3.21. The fraction of sp³-hybridized carbons (Fsp3) is 0.750. The molecule has 0 radical (unpaired) electrons. The van der Waals surface area contributed by atoms with Crippen LogP contribution in [-0.2, 0) is 20.0 Å². The SMILES string of the molecule is CCc1cc(CN2CCCNCC2)n(C)n1. The summed E-state index contributed by atoms with van der Waals surface area (Å²) in [4.78, 5) is 2.51. The van der Waals surface area contributed by atoms with Gasteiger partial charge in [0, 0.05) is 26.7 Å². The van der Waals surface area contributed by atoms with Crippen LogP contribution in [0.1, 0.15) is 24.7 Å². The predicted molar refractivity (Wildman–Crippen MR) is 65.3 cm³/mol. The summed E-state index contributed by atoms with van der Waals surface area (Å²) in [6.07, 6.45) is 2.27. The molecule has 2 rings (SSSR count). The van der Waals surface area contributed by atoms with Gasteiger partial charge in [0.1, 0.15) is 0 Å². The maximum Gasteiger partial charge on any atom is 0.0625 e. The molecule has 0 bridgehead atoms. The van der Waals surface area contributed by atoms with E-state index < -0.39 is 0 Å². The molecule has 2 heterocycles. The molecule has 0 aromatic carbocycles. The standard InChI is InChI=1S/C12H22N4/c1-3-11-9-12(15(2)14-11)10-16-7-4-5-13-6-8-16/h9,13H,3-8,10H2,1-2H3. The van der Waals surface area contributed by atoms with Gasteiger partial charge < -0.3 is 5.32 Å². The fourth-order valence-corrected chi connectivity index (χ4v) is 2.18. The van der Waals surface area contributed by atoms with Crippen molar-refractivity contribution in [1.29, 1.82) is 0 Å². The van der Waals surface area contributed by atoms with Gasteiger partial charge in [-0.3, -0.25) is 9.58 Å². The Morgan fingerprint density at radius 3 is 3.00 bits per heavy atom. The number of aromatic nitrogens is 2. The molecular formula is C12H22N4. The van der Waals surface area contributed by atoms with Crippen LogP contribution in [0.25, 0.3) is 0 Å². The lowest BCUT2D eigenvalue weighted by atomic mass is 10.3. The Labute approximate surface area is 97.6 Å². The summed E-state index contributed by atoms with van der Waals surface area (Å²) in [7, 11) is 2.05. The van der Waals surface area contributed by atoms with E-state index in [1.807, 2.05) is 11.7 Å². The van der Waals surface area contributed by atoms with Gasteiger partial charge >= 0.3 is 0 Å². The molecule has 4 nitrogen and oxygen atoms in total. The van der Waals surface area contributed by atoms with Crippen molar-refractivity contribution in [3.8, 4) is 0 Å². The monoisotopic (exact) mass is 222 g/mol. The van der Waals surface area contributed by atoms with Gasteiger partial charge in [0.05, 0.1) is 11.4 Å². The zero-order valence-corrected chi connectivity index (χ0v) is 10.4. The lowest BCUT2D eigenvalue weighted by molar-refractivity contribution is 0.276. The second-order valence-electron chi connectivity index (χ2n) is 4.48. The molecule has 1 aliphatic heterocycles. The van der Waals surface area contributed by atoms with E-state index >= 15 is 0 Å². The van der Waals surface area contributed by atoms with Gasteiger partial charge in [0.15, 0.2) is 0 Å². The molecule has 4 heteroatoms. The second kappa shape index (κ2) is 5.46. The summed E-state index contributed by atoms with van der Waals surface area (Å²) in [5.74, 6) is 0. The molecule has 0 amide bonds. The smallest absolute Gasteiger partial charge is 0.0625 e. The van der Waals surface area contributed by atoms with Crippen molar-refractivity contribution < 1.29 is 0 Å². The molecule has 0 unspecified atom stereocenters. The van der Waals surface area contributed by atoms with Crippen molar-refractivity contribution in [3.05, 3.63) is 17.5 Å². The lowest BCUT2D eigenvalue weighted by Crippen LogP contribution is -2.28. The van der Waals surface area contributed by atoms with E-state index in [4.69, 9.17) is 0 Å². The molecule has 1 aliphatic rings. The number of rotatable bonds is 3. The zero-order chi connectivity index (χ0) is 11.4. The van der Waals surface area contributed by atoms with Crippen LogP contribution in [-0.4, -0.2) is 40.9 Å². The number of hydrogen-bond acceptors (Lipinski definition) is 3. The molecule has 1 N–H and O–H groups in total. The normalized spacial score (nSPS) is 18.6. The van der Waals surface area contributed by atoms with Gasteiger partial charge in [-0.25, -0.2) is 0 Å².